The van der Waals surface area contributed by atoms with Gasteiger partial charge in [-0.15, -0.1) is 0 Å². The van der Waals surface area contributed by atoms with Gasteiger partial charge in [-0.25, -0.2) is 4.98 Å². The molecule has 0 unspecified atom stereocenters. The van der Waals surface area contributed by atoms with Crippen molar-refractivity contribution < 1.29 is 9.53 Å². The Morgan fingerprint density at radius 3 is 2.76 bits per heavy atom. The van der Waals surface area contributed by atoms with Crippen LogP contribution in [0.5, 0.6) is 0 Å². The summed E-state index contributed by atoms with van der Waals surface area (Å²) in [6.45, 7) is 7.12. The van der Waals surface area contributed by atoms with E-state index in [1.54, 1.807) is 13.1 Å². The third kappa shape index (κ3) is 4.00. The number of likely N-dealkylation sites (N-methyl/N-ethyl adjacent to an activating group) is 1. The summed E-state index contributed by atoms with van der Waals surface area (Å²) in [6.07, 6.45) is 1.73. The van der Waals surface area contributed by atoms with Crippen molar-refractivity contribution in [2.24, 2.45) is 0 Å². The van der Waals surface area contributed by atoms with Crippen molar-refractivity contribution in [1.82, 2.24) is 4.98 Å². The number of esters is 1. The zero-order valence-electron chi connectivity index (χ0n) is 10.4. The van der Waals surface area contributed by atoms with Crippen molar-refractivity contribution in [3.63, 3.8) is 0 Å². The number of halogens is 1. The Bertz CT molecular complexity index is 396. The normalized spacial score (nSPS) is 10.1. The van der Waals surface area contributed by atoms with Gasteiger partial charge < -0.3 is 9.64 Å². The van der Waals surface area contributed by atoms with Gasteiger partial charge in [-0.1, -0.05) is 0 Å². The zero-order chi connectivity index (χ0) is 12.8. The summed E-state index contributed by atoms with van der Waals surface area (Å²) in [4.78, 5) is 17.7. The number of anilines is 1. The fraction of sp³-hybridized carbons (Fsp3) is 0.500. The van der Waals surface area contributed by atoms with Gasteiger partial charge in [-0.3, -0.25) is 4.79 Å². The number of pyridine rings is 1. The van der Waals surface area contributed by atoms with Crippen LogP contribution in [0.1, 0.15) is 19.4 Å². The molecule has 17 heavy (non-hydrogen) atoms. The highest BCUT2D eigenvalue weighted by atomic mass is 79.9. The monoisotopic (exact) mass is 300 g/mol. The standard InChI is InChI=1S/C12H17BrN2O2/c1-4-15(8-11(16)17-5-2)12-9(3)6-10(13)7-14-12/h6-7H,4-5,8H2,1-3H3. The molecule has 0 saturated heterocycles. The molecule has 0 spiro atoms. The number of carbonyl (C=O) groups is 1. The van der Waals surface area contributed by atoms with Crippen LogP contribution in [-0.4, -0.2) is 30.6 Å². The molecule has 0 bridgehead atoms. The largest absolute Gasteiger partial charge is 0.465 e. The molecule has 0 N–H and O–H groups in total. The van der Waals surface area contributed by atoms with Crippen LogP contribution in [0.4, 0.5) is 5.82 Å². The Morgan fingerprint density at radius 2 is 2.24 bits per heavy atom. The van der Waals surface area contributed by atoms with Crippen molar-refractivity contribution in [2.75, 3.05) is 24.6 Å². The third-order valence-electron chi connectivity index (χ3n) is 2.32. The molecule has 0 aliphatic rings. The number of nitrogens with zero attached hydrogens (tertiary/aromatic N) is 2. The number of hydrogen-bond acceptors (Lipinski definition) is 4. The highest BCUT2D eigenvalue weighted by molar-refractivity contribution is 9.10. The van der Waals surface area contributed by atoms with E-state index in [-0.39, 0.29) is 12.5 Å². The molecule has 0 amide bonds. The Labute approximate surface area is 110 Å². The number of ether oxygens (including phenoxy) is 1. The minimum absolute atomic E-state index is 0.224. The van der Waals surface area contributed by atoms with E-state index in [0.29, 0.717) is 13.2 Å². The van der Waals surface area contributed by atoms with Gasteiger partial charge in [0.15, 0.2) is 0 Å². The highest BCUT2D eigenvalue weighted by Gasteiger charge is 2.13. The van der Waals surface area contributed by atoms with E-state index in [1.807, 2.05) is 24.8 Å². The van der Waals surface area contributed by atoms with Gasteiger partial charge in [0, 0.05) is 17.2 Å². The topological polar surface area (TPSA) is 42.4 Å². The van der Waals surface area contributed by atoms with E-state index < -0.39 is 0 Å². The number of rotatable bonds is 5. The minimum atomic E-state index is -0.224. The molecule has 0 aliphatic heterocycles. The molecule has 0 radical (unpaired) electrons. The molecule has 0 fully saturated rings. The van der Waals surface area contributed by atoms with Gasteiger partial charge in [0.1, 0.15) is 12.4 Å². The first-order valence-electron chi connectivity index (χ1n) is 5.61. The fourth-order valence-electron chi connectivity index (χ4n) is 1.56. The van der Waals surface area contributed by atoms with Crippen LogP contribution in [0, 0.1) is 6.92 Å². The number of hydrogen-bond donors (Lipinski definition) is 0. The number of carbonyl (C=O) groups excluding carboxylic acids is 1. The highest BCUT2D eigenvalue weighted by Crippen LogP contribution is 2.20. The molecule has 1 rings (SSSR count). The average molecular weight is 301 g/mol. The maximum atomic E-state index is 11.5. The molecule has 4 nitrogen and oxygen atoms in total. The van der Waals surface area contributed by atoms with Gasteiger partial charge in [-0.05, 0) is 48.3 Å². The van der Waals surface area contributed by atoms with Crippen LogP contribution >= 0.6 is 15.9 Å². The second kappa shape index (κ2) is 6.59. The van der Waals surface area contributed by atoms with E-state index in [1.165, 1.54) is 0 Å². The van der Waals surface area contributed by atoms with Gasteiger partial charge in [0.05, 0.1) is 6.61 Å². The van der Waals surface area contributed by atoms with Crippen LogP contribution in [0.25, 0.3) is 0 Å². The molecular weight excluding hydrogens is 284 g/mol. The van der Waals surface area contributed by atoms with Crippen molar-refractivity contribution in [3.8, 4) is 0 Å². The van der Waals surface area contributed by atoms with Crippen molar-refractivity contribution in [1.29, 1.82) is 0 Å². The molecule has 1 aromatic heterocycles. The minimum Gasteiger partial charge on any atom is -0.465 e. The predicted molar refractivity (Wildman–Crippen MR) is 71.2 cm³/mol. The van der Waals surface area contributed by atoms with Crippen LogP contribution in [-0.2, 0) is 9.53 Å². The van der Waals surface area contributed by atoms with Gasteiger partial charge in [0.2, 0.25) is 0 Å². The third-order valence-corrected chi connectivity index (χ3v) is 2.76. The van der Waals surface area contributed by atoms with E-state index >= 15 is 0 Å². The van der Waals surface area contributed by atoms with Gasteiger partial charge in [0.25, 0.3) is 0 Å². The second-order valence-corrected chi connectivity index (χ2v) is 4.53. The summed E-state index contributed by atoms with van der Waals surface area (Å²) in [6, 6.07) is 1.98. The Hall–Kier alpha value is -1.10. The first kappa shape index (κ1) is 14.0. The first-order valence-corrected chi connectivity index (χ1v) is 6.40. The summed E-state index contributed by atoms with van der Waals surface area (Å²) >= 11 is 3.37. The lowest BCUT2D eigenvalue weighted by Gasteiger charge is -2.22. The van der Waals surface area contributed by atoms with E-state index in [0.717, 1.165) is 15.9 Å². The Balaban J connectivity index is 2.82. The molecule has 5 heteroatoms. The molecule has 1 heterocycles. The average Bonchev–Trinajstić information content (AvgIpc) is 2.27. The molecule has 0 aliphatic carbocycles. The summed E-state index contributed by atoms with van der Waals surface area (Å²) in [5, 5.41) is 0. The smallest absolute Gasteiger partial charge is 0.325 e. The van der Waals surface area contributed by atoms with E-state index in [9.17, 15) is 4.79 Å². The molecule has 94 valence electrons. The lowest BCUT2D eigenvalue weighted by Crippen LogP contribution is -2.32. The Kier molecular flexibility index (Phi) is 5.41. The van der Waals surface area contributed by atoms with Gasteiger partial charge in [-0.2, -0.15) is 0 Å². The van der Waals surface area contributed by atoms with Crippen LogP contribution in [0.2, 0.25) is 0 Å². The molecule has 0 aromatic carbocycles. The summed E-state index contributed by atoms with van der Waals surface area (Å²) in [7, 11) is 0. The second-order valence-electron chi connectivity index (χ2n) is 3.61. The summed E-state index contributed by atoms with van der Waals surface area (Å²) in [5.74, 6) is 0.599. The first-order chi connectivity index (χ1) is 8.08. The van der Waals surface area contributed by atoms with E-state index in [4.69, 9.17) is 4.74 Å². The maximum Gasteiger partial charge on any atom is 0.325 e. The molecule has 0 atom stereocenters. The number of aromatic nitrogens is 1. The lowest BCUT2D eigenvalue weighted by molar-refractivity contribution is -0.141. The van der Waals surface area contributed by atoms with E-state index in [2.05, 4.69) is 20.9 Å². The SMILES string of the molecule is CCOC(=O)CN(CC)c1ncc(Br)cc1C. The molecular formula is C12H17BrN2O2. The summed E-state index contributed by atoms with van der Waals surface area (Å²) < 4.78 is 5.88. The number of aryl methyl sites for hydroxylation is 1. The Morgan fingerprint density at radius 1 is 1.53 bits per heavy atom. The van der Waals surface area contributed by atoms with Crippen molar-refractivity contribution >= 4 is 27.7 Å². The van der Waals surface area contributed by atoms with Crippen molar-refractivity contribution in [3.05, 3.63) is 22.3 Å². The lowest BCUT2D eigenvalue weighted by atomic mass is 10.2. The van der Waals surface area contributed by atoms with Crippen LogP contribution in [0.15, 0.2) is 16.7 Å². The predicted octanol–water partition coefficient (Wildman–Crippen LogP) is 2.54. The molecule has 0 saturated carbocycles. The zero-order valence-corrected chi connectivity index (χ0v) is 12.0. The van der Waals surface area contributed by atoms with Crippen molar-refractivity contribution in [2.45, 2.75) is 20.8 Å². The quantitative estimate of drug-likeness (QED) is 0.784. The van der Waals surface area contributed by atoms with Crippen LogP contribution in [0.3, 0.4) is 0 Å². The van der Waals surface area contributed by atoms with Gasteiger partial charge >= 0.3 is 5.97 Å². The fourth-order valence-corrected chi connectivity index (χ4v) is 2.01. The van der Waals surface area contributed by atoms with Crippen LogP contribution < -0.4 is 4.90 Å². The maximum absolute atomic E-state index is 11.5. The summed E-state index contributed by atoms with van der Waals surface area (Å²) in [5.41, 5.74) is 1.03. The molecule has 1 aromatic rings.